The van der Waals surface area contributed by atoms with Crippen molar-refractivity contribution >= 4 is 33.5 Å². The molecule has 5 aromatic carbocycles. The first-order valence-corrected chi connectivity index (χ1v) is 14.8. The molecule has 0 aliphatic heterocycles. The van der Waals surface area contributed by atoms with Crippen LogP contribution < -0.4 is 9.80 Å². The van der Waals surface area contributed by atoms with Gasteiger partial charge in [-0.1, -0.05) is 116 Å². The van der Waals surface area contributed by atoms with Gasteiger partial charge in [0.25, 0.3) is 0 Å². The first kappa shape index (κ1) is 29.9. The van der Waals surface area contributed by atoms with Crippen LogP contribution in [0.4, 0.5) is 22.7 Å². The molecule has 2 nitrogen and oxygen atoms in total. The molecule has 0 N–H and O–H groups in total. The van der Waals surface area contributed by atoms with Gasteiger partial charge in [-0.15, -0.1) is 0 Å². The van der Waals surface area contributed by atoms with Crippen LogP contribution in [-0.2, 0) is 0 Å². The molecule has 0 fully saturated rings. The average Bonchev–Trinajstić information content (AvgIpc) is 3.06. The van der Waals surface area contributed by atoms with Crippen molar-refractivity contribution in [3.63, 3.8) is 0 Å². The van der Waals surface area contributed by atoms with Gasteiger partial charge in [0.1, 0.15) is 0 Å². The molecule has 0 amide bonds. The van der Waals surface area contributed by atoms with Gasteiger partial charge in [0.05, 0.1) is 5.69 Å². The van der Waals surface area contributed by atoms with Crippen molar-refractivity contribution in [2.45, 2.75) is 13.8 Å². The summed E-state index contributed by atoms with van der Waals surface area (Å²) in [6.45, 7) is 16.1. The van der Waals surface area contributed by atoms with Crippen molar-refractivity contribution in [1.29, 1.82) is 0 Å². The lowest BCUT2D eigenvalue weighted by Gasteiger charge is -2.30. The summed E-state index contributed by atoms with van der Waals surface area (Å²) in [5.74, 6) is 0. The third-order valence-electron chi connectivity index (χ3n) is 7.52. The molecule has 0 aliphatic carbocycles. The summed E-state index contributed by atoms with van der Waals surface area (Å²) < 4.78 is 0. The molecule has 0 saturated carbocycles. The molecule has 216 valence electrons. The summed E-state index contributed by atoms with van der Waals surface area (Å²) in [6.07, 6.45) is 13.5. The fourth-order valence-electron chi connectivity index (χ4n) is 5.43. The number of rotatable bonds is 11. The lowest BCUT2D eigenvalue weighted by molar-refractivity contribution is 1.14. The fraction of sp³-hybridized carbons (Fsp3) is 0.0476. The number of fused-ring (bicyclic) bond motifs is 1. The molecule has 0 heterocycles. The highest BCUT2D eigenvalue weighted by Gasteiger charge is 2.18. The van der Waals surface area contributed by atoms with Crippen molar-refractivity contribution in [2.24, 2.45) is 0 Å². The van der Waals surface area contributed by atoms with E-state index in [1.807, 2.05) is 31.2 Å². The molecule has 5 aromatic rings. The molecule has 0 bridgehead atoms. The van der Waals surface area contributed by atoms with Gasteiger partial charge in [-0.25, -0.2) is 0 Å². The smallest absolute Gasteiger partial charge is 0.0540 e. The average molecular weight is 571 g/mol. The monoisotopic (exact) mass is 570 g/mol. The highest BCUT2D eigenvalue weighted by molar-refractivity contribution is 5.99. The van der Waals surface area contributed by atoms with E-state index in [1.165, 1.54) is 27.5 Å². The maximum absolute atomic E-state index is 4.07. The van der Waals surface area contributed by atoms with Crippen LogP contribution in [0, 0.1) is 6.92 Å². The number of nitrogens with zero attached hydrogens (tertiary/aromatic N) is 2. The van der Waals surface area contributed by atoms with Gasteiger partial charge in [-0.3, -0.25) is 0 Å². The second kappa shape index (κ2) is 14.0. The second-order valence-electron chi connectivity index (χ2n) is 10.5. The summed E-state index contributed by atoms with van der Waals surface area (Å²) in [6, 6.07) is 41.1. The van der Waals surface area contributed by atoms with Gasteiger partial charge >= 0.3 is 0 Å². The Morgan fingerprint density at radius 1 is 0.591 bits per heavy atom. The Hall–Kier alpha value is -5.60. The third-order valence-corrected chi connectivity index (χ3v) is 7.52. The quantitative estimate of drug-likeness (QED) is 0.146. The summed E-state index contributed by atoms with van der Waals surface area (Å²) in [4.78, 5) is 4.48. The topological polar surface area (TPSA) is 6.48 Å². The second-order valence-corrected chi connectivity index (χ2v) is 10.5. The molecule has 0 aromatic heterocycles. The van der Waals surface area contributed by atoms with Crippen LogP contribution in [-0.4, -0.2) is 0 Å². The molecular weight excluding hydrogens is 532 g/mol. The van der Waals surface area contributed by atoms with Gasteiger partial charge < -0.3 is 9.80 Å². The van der Waals surface area contributed by atoms with Gasteiger partial charge in [0, 0.05) is 33.8 Å². The standard InChI is InChI=1S/C42H38N2/c1-6-13-36(9-4)43(37(14-7-2)15-8-3)38-28-30-40(31-29-38)44(42-19-12-17-35-16-10-11-18-41(35)42)39-26-24-34(25-27-39)33-22-20-32(5)21-23-33/h6-31H,1-2,4H2,3,5H3/b15-8-,36-13+,37-14+. The minimum absolute atomic E-state index is 0.913. The molecule has 0 spiro atoms. The summed E-state index contributed by atoms with van der Waals surface area (Å²) in [5.41, 5.74) is 9.80. The van der Waals surface area contributed by atoms with Crippen LogP contribution in [0.3, 0.4) is 0 Å². The van der Waals surface area contributed by atoms with Crippen LogP contribution in [0.15, 0.2) is 189 Å². The molecule has 0 radical (unpaired) electrons. The first-order chi connectivity index (χ1) is 21.6. The Morgan fingerprint density at radius 2 is 1.14 bits per heavy atom. The molecule has 2 heteroatoms. The Bertz CT molecular complexity index is 1850. The van der Waals surface area contributed by atoms with Crippen molar-refractivity contribution in [3.05, 3.63) is 194 Å². The number of benzene rings is 5. The minimum Gasteiger partial charge on any atom is -0.311 e. The van der Waals surface area contributed by atoms with Crippen LogP contribution in [0.25, 0.3) is 21.9 Å². The van der Waals surface area contributed by atoms with Crippen molar-refractivity contribution < 1.29 is 0 Å². The molecule has 5 rings (SSSR count). The maximum Gasteiger partial charge on any atom is 0.0540 e. The number of anilines is 4. The summed E-state index contributed by atoms with van der Waals surface area (Å²) in [5, 5.41) is 2.39. The molecule has 0 saturated heterocycles. The molecule has 44 heavy (non-hydrogen) atoms. The predicted octanol–water partition coefficient (Wildman–Crippen LogP) is 12.0. The summed E-state index contributed by atoms with van der Waals surface area (Å²) in [7, 11) is 0. The van der Waals surface area contributed by atoms with Gasteiger partial charge in [-0.2, -0.15) is 0 Å². The Labute approximate surface area is 262 Å². The number of hydrogen-bond donors (Lipinski definition) is 0. The zero-order valence-electron chi connectivity index (χ0n) is 25.5. The zero-order valence-corrected chi connectivity index (χ0v) is 25.5. The zero-order chi connectivity index (χ0) is 30.9. The van der Waals surface area contributed by atoms with Crippen LogP contribution in [0.5, 0.6) is 0 Å². The Balaban J connectivity index is 1.64. The Morgan fingerprint density at radius 3 is 1.75 bits per heavy atom. The minimum atomic E-state index is 0.913. The molecule has 0 atom stereocenters. The Kier molecular flexibility index (Phi) is 9.54. The fourth-order valence-corrected chi connectivity index (χ4v) is 5.43. The van der Waals surface area contributed by atoms with Crippen molar-refractivity contribution in [3.8, 4) is 11.1 Å². The number of aryl methyl sites for hydroxylation is 1. The lowest BCUT2D eigenvalue weighted by Crippen LogP contribution is -2.20. The van der Waals surface area contributed by atoms with E-state index < -0.39 is 0 Å². The van der Waals surface area contributed by atoms with E-state index in [9.17, 15) is 0 Å². The lowest BCUT2D eigenvalue weighted by atomic mass is 10.0. The van der Waals surface area contributed by atoms with E-state index in [0.717, 1.165) is 34.1 Å². The van der Waals surface area contributed by atoms with Crippen LogP contribution in [0.2, 0.25) is 0 Å². The van der Waals surface area contributed by atoms with Gasteiger partial charge in [0.2, 0.25) is 0 Å². The molecular formula is C42H38N2. The predicted molar refractivity (Wildman–Crippen MR) is 193 cm³/mol. The largest absolute Gasteiger partial charge is 0.311 e. The SMILES string of the molecule is C=C/C=C(\C=C)N(C(/C=C\C)=C/C=C)c1ccc(N(c2ccc(-c3ccc(C)cc3)cc2)c2cccc3ccccc23)cc1. The van der Waals surface area contributed by atoms with E-state index in [-0.39, 0.29) is 0 Å². The van der Waals surface area contributed by atoms with E-state index in [4.69, 9.17) is 0 Å². The van der Waals surface area contributed by atoms with E-state index in [0.29, 0.717) is 0 Å². The molecule has 0 aliphatic rings. The van der Waals surface area contributed by atoms with Crippen LogP contribution in [0.1, 0.15) is 12.5 Å². The third kappa shape index (κ3) is 6.40. The highest BCUT2D eigenvalue weighted by Crippen LogP contribution is 2.40. The normalized spacial score (nSPS) is 11.9. The first-order valence-electron chi connectivity index (χ1n) is 14.8. The highest BCUT2D eigenvalue weighted by atomic mass is 15.2. The van der Waals surface area contributed by atoms with Crippen LogP contribution >= 0.6 is 0 Å². The van der Waals surface area contributed by atoms with Crippen molar-refractivity contribution in [2.75, 3.05) is 9.80 Å². The molecule has 0 unspecified atom stereocenters. The number of allylic oxidation sites excluding steroid dienone is 7. The van der Waals surface area contributed by atoms with E-state index in [2.05, 4.69) is 158 Å². The maximum atomic E-state index is 4.07. The number of hydrogen-bond acceptors (Lipinski definition) is 2. The summed E-state index contributed by atoms with van der Waals surface area (Å²) >= 11 is 0. The van der Waals surface area contributed by atoms with Gasteiger partial charge in [0.15, 0.2) is 0 Å². The van der Waals surface area contributed by atoms with Crippen molar-refractivity contribution in [1.82, 2.24) is 0 Å². The van der Waals surface area contributed by atoms with Gasteiger partial charge in [-0.05, 0) is 97.1 Å². The van der Waals surface area contributed by atoms with E-state index in [1.54, 1.807) is 12.2 Å². The van der Waals surface area contributed by atoms with E-state index >= 15 is 0 Å².